The maximum atomic E-state index is 16.4. The van der Waals surface area contributed by atoms with E-state index < -0.39 is 32.8 Å². The number of rotatable bonds is 16. The molecule has 3 heterocycles. The van der Waals surface area contributed by atoms with Gasteiger partial charge in [0.25, 0.3) is 0 Å². The lowest BCUT2D eigenvalue weighted by Gasteiger charge is -2.42. The number of pyridine rings is 1. The van der Waals surface area contributed by atoms with Crippen LogP contribution in [0.2, 0.25) is 0 Å². The lowest BCUT2D eigenvalue weighted by atomic mass is 9.97. The van der Waals surface area contributed by atoms with Crippen LogP contribution in [0.1, 0.15) is 47.6 Å². The second-order valence-corrected chi connectivity index (χ2v) is 17.3. The van der Waals surface area contributed by atoms with E-state index in [1.165, 1.54) is 17.2 Å². The van der Waals surface area contributed by atoms with Crippen molar-refractivity contribution in [2.24, 2.45) is 0 Å². The van der Waals surface area contributed by atoms with E-state index in [4.69, 9.17) is 28.0 Å². The summed E-state index contributed by atoms with van der Waals surface area (Å²) in [6.45, 7) is 5.52. The highest BCUT2D eigenvalue weighted by Crippen LogP contribution is 2.69. The Kier molecular flexibility index (Phi) is 12.6. The topological polar surface area (TPSA) is 181 Å². The molecule has 4 aromatic carbocycles. The van der Waals surface area contributed by atoms with E-state index in [2.05, 4.69) is 15.8 Å². The Morgan fingerprint density at radius 1 is 0.793 bits per heavy atom. The van der Waals surface area contributed by atoms with E-state index in [1.807, 2.05) is 91.0 Å². The van der Waals surface area contributed by atoms with Crippen LogP contribution in [-0.2, 0) is 48.1 Å². The molecule has 2 saturated heterocycles. The number of hydrogen-bond acceptors (Lipinski definition) is 11. The standard InChI is InChI=1S/C41H45N5O10P2/c1-30(2)35-24-36(38(25-37(35)56-58(49,50)51)53-27-31-12-6-3-7-13-31)41(44-43-40(47)46(41)34-18-19-39(42-26-34)45-20-22-52-23-21-45)57(48,54-28-32-14-8-4-9-15-32)55-29-33-16-10-5-11-17-33/h3-19,24-26,30,44H,20-23,27-29H2,1-2H3,(H,43,47)(H2,49,50,51). The first kappa shape index (κ1) is 41.1. The smallest absolute Gasteiger partial charge is 0.488 e. The highest BCUT2D eigenvalue weighted by atomic mass is 31.2. The largest absolute Gasteiger partial charge is 0.524 e. The number of urea groups is 1. The maximum absolute atomic E-state index is 16.4. The number of morpholine rings is 1. The minimum absolute atomic E-state index is 0.0302. The van der Waals surface area contributed by atoms with E-state index in [0.29, 0.717) is 48.8 Å². The Morgan fingerprint density at radius 2 is 1.36 bits per heavy atom. The van der Waals surface area contributed by atoms with E-state index in [0.717, 1.165) is 5.56 Å². The van der Waals surface area contributed by atoms with Gasteiger partial charge in [-0.3, -0.25) is 24.7 Å². The van der Waals surface area contributed by atoms with E-state index in [9.17, 15) is 19.1 Å². The number of benzene rings is 4. The first-order valence-corrected chi connectivity index (χ1v) is 21.8. The van der Waals surface area contributed by atoms with Gasteiger partial charge in [0.15, 0.2) is 0 Å². The summed E-state index contributed by atoms with van der Waals surface area (Å²) in [7, 11) is -9.86. The molecule has 2 aliphatic rings. The maximum Gasteiger partial charge on any atom is 0.524 e. The molecule has 1 atom stereocenters. The van der Waals surface area contributed by atoms with Gasteiger partial charge < -0.3 is 27.9 Å². The van der Waals surface area contributed by atoms with Crippen molar-refractivity contribution in [1.29, 1.82) is 0 Å². The summed E-state index contributed by atoms with van der Waals surface area (Å²) in [4.78, 5) is 42.4. The lowest BCUT2D eigenvalue weighted by Crippen LogP contribution is -2.51. The number of amides is 2. The molecule has 2 amide bonds. The van der Waals surface area contributed by atoms with Gasteiger partial charge in [-0.2, -0.15) is 5.43 Å². The number of phosphoric ester groups is 1. The second-order valence-electron chi connectivity index (χ2n) is 13.9. The van der Waals surface area contributed by atoms with E-state index in [1.54, 1.807) is 32.0 Å². The molecule has 4 N–H and O–H groups in total. The van der Waals surface area contributed by atoms with Crippen molar-refractivity contribution >= 4 is 33.0 Å². The second kappa shape index (κ2) is 17.8. The quantitative estimate of drug-likeness (QED) is 0.0716. The van der Waals surface area contributed by atoms with Crippen LogP contribution in [0.15, 0.2) is 121 Å². The molecule has 5 aromatic rings. The fourth-order valence-corrected chi connectivity index (χ4v) is 9.39. The average molecular weight is 830 g/mol. The van der Waals surface area contributed by atoms with Gasteiger partial charge >= 0.3 is 21.4 Å². The fraction of sp³-hybridized carbons (Fsp3) is 0.268. The van der Waals surface area contributed by atoms with Crippen molar-refractivity contribution in [3.63, 3.8) is 0 Å². The van der Waals surface area contributed by atoms with Gasteiger partial charge in [-0.05, 0) is 46.4 Å². The highest BCUT2D eigenvalue weighted by molar-refractivity contribution is 7.55. The zero-order valence-electron chi connectivity index (χ0n) is 32.0. The number of ether oxygens (including phenoxy) is 2. The van der Waals surface area contributed by atoms with Crippen LogP contribution in [0.5, 0.6) is 11.5 Å². The predicted molar refractivity (Wildman–Crippen MR) is 217 cm³/mol. The Hall–Kier alpha value is -5.08. The van der Waals surface area contributed by atoms with Crippen LogP contribution in [-0.4, -0.2) is 47.1 Å². The number of aromatic nitrogens is 1. The normalized spacial score (nSPS) is 17.4. The van der Waals surface area contributed by atoms with Crippen molar-refractivity contribution in [3.8, 4) is 11.5 Å². The van der Waals surface area contributed by atoms with Crippen molar-refractivity contribution in [1.82, 2.24) is 15.8 Å². The summed E-state index contributed by atoms with van der Waals surface area (Å²) in [6, 6.07) is 33.0. The average Bonchev–Trinajstić information content (AvgIpc) is 3.60. The highest BCUT2D eigenvalue weighted by Gasteiger charge is 2.64. The van der Waals surface area contributed by atoms with Gasteiger partial charge in [-0.25, -0.2) is 14.3 Å². The zero-order valence-corrected chi connectivity index (χ0v) is 33.8. The van der Waals surface area contributed by atoms with Gasteiger partial charge in [0.2, 0.25) is 5.40 Å². The number of hydrazine groups is 1. The summed E-state index contributed by atoms with van der Waals surface area (Å²) in [5.41, 5.74) is 8.44. The predicted octanol–water partition coefficient (Wildman–Crippen LogP) is 7.56. The third kappa shape index (κ3) is 9.13. The lowest BCUT2D eigenvalue weighted by molar-refractivity contribution is 0.122. The molecule has 1 aromatic heterocycles. The molecule has 0 spiro atoms. The molecule has 0 aliphatic carbocycles. The van der Waals surface area contributed by atoms with Gasteiger partial charge in [-0.1, -0.05) is 105 Å². The monoisotopic (exact) mass is 829 g/mol. The van der Waals surface area contributed by atoms with Crippen LogP contribution >= 0.6 is 15.4 Å². The molecule has 0 radical (unpaired) electrons. The summed E-state index contributed by atoms with van der Waals surface area (Å²) < 4.78 is 59.0. The van der Waals surface area contributed by atoms with Crippen molar-refractivity contribution < 1.29 is 46.8 Å². The van der Waals surface area contributed by atoms with E-state index in [-0.39, 0.29) is 42.6 Å². The SMILES string of the molecule is CC(C)c1cc(C2(P(=O)(OCc3ccccc3)OCc3ccccc3)NNC(=O)N2c2ccc(N3CCOCC3)nc2)c(OCc2ccccc2)cc1OP(=O)(O)O. The van der Waals surface area contributed by atoms with Crippen LogP contribution < -0.4 is 29.9 Å². The number of nitrogens with zero attached hydrogens (tertiary/aromatic N) is 3. The Balaban J connectivity index is 1.47. The van der Waals surface area contributed by atoms with Crippen LogP contribution in [0.4, 0.5) is 16.3 Å². The first-order chi connectivity index (χ1) is 28.0. The van der Waals surface area contributed by atoms with Gasteiger partial charge in [-0.15, -0.1) is 0 Å². The molecule has 15 nitrogen and oxygen atoms in total. The van der Waals surface area contributed by atoms with Gasteiger partial charge in [0.05, 0.1) is 38.3 Å². The fourth-order valence-electron chi connectivity index (χ4n) is 6.77. The summed E-state index contributed by atoms with van der Waals surface area (Å²) >= 11 is 0. The molecule has 304 valence electrons. The minimum atomic E-state index is -5.09. The number of anilines is 2. The molecule has 17 heteroatoms. The summed E-state index contributed by atoms with van der Waals surface area (Å²) in [5.74, 6) is 0.0386. The van der Waals surface area contributed by atoms with E-state index >= 15 is 4.57 Å². The zero-order chi connectivity index (χ0) is 40.8. The molecular weight excluding hydrogens is 784 g/mol. The van der Waals surface area contributed by atoms with Crippen LogP contribution in [0, 0.1) is 0 Å². The van der Waals surface area contributed by atoms with Gasteiger partial charge in [0, 0.05) is 24.7 Å². The number of carbonyl (C=O) groups excluding carboxylic acids is 1. The third-order valence-corrected chi connectivity index (χ3v) is 12.4. The number of nitrogens with one attached hydrogen (secondary N) is 2. The number of hydrogen-bond donors (Lipinski definition) is 4. The Labute approximate surface area is 336 Å². The van der Waals surface area contributed by atoms with Gasteiger partial charge in [0.1, 0.15) is 23.9 Å². The molecular formula is C41H45N5O10P2. The molecule has 58 heavy (non-hydrogen) atoms. The summed E-state index contributed by atoms with van der Waals surface area (Å²) in [6.07, 6.45) is 1.50. The van der Waals surface area contributed by atoms with Crippen molar-refractivity contribution in [2.75, 3.05) is 36.1 Å². The molecule has 0 saturated carbocycles. The van der Waals surface area contributed by atoms with Crippen molar-refractivity contribution in [2.45, 2.75) is 45.0 Å². The van der Waals surface area contributed by atoms with Crippen LogP contribution in [0.25, 0.3) is 0 Å². The minimum Gasteiger partial charge on any atom is -0.488 e. The molecule has 0 bridgehead atoms. The third-order valence-electron chi connectivity index (χ3n) is 9.64. The number of carbonyl (C=O) groups is 1. The Bertz CT molecular complexity index is 2210. The molecule has 2 aliphatic heterocycles. The molecule has 7 rings (SSSR count). The first-order valence-electron chi connectivity index (χ1n) is 18.7. The van der Waals surface area contributed by atoms with Crippen LogP contribution in [0.3, 0.4) is 0 Å². The Morgan fingerprint density at radius 3 is 1.88 bits per heavy atom. The molecule has 2 fully saturated rings. The number of phosphoric acid groups is 1. The molecule has 1 unspecified atom stereocenters. The van der Waals surface area contributed by atoms with Crippen molar-refractivity contribution in [3.05, 3.63) is 149 Å². The summed E-state index contributed by atoms with van der Waals surface area (Å²) in [5, 5.41) is -2.24.